The minimum Gasteiger partial charge on any atom is -0.352 e. The average Bonchev–Trinajstić information content (AvgIpc) is 2.45. The highest BCUT2D eigenvalue weighted by molar-refractivity contribution is 5.78. The summed E-state index contributed by atoms with van der Waals surface area (Å²) in [6, 6.07) is 9.80. The number of carbonyl (C=O) groups is 1. The molecule has 1 aliphatic heterocycles. The third-order valence-electron chi connectivity index (χ3n) is 3.54. The van der Waals surface area contributed by atoms with Gasteiger partial charge in [-0.1, -0.05) is 12.1 Å². The van der Waals surface area contributed by atoms with Gasteiger partial charge in [-0.2, -0.15) is 5.26 Å². The van der Waals surface area contributed by atoms with Gasteiger partial charge in [0.25, 0.3) is 0 Å². The van der Waals surface area contributed by atoms with Crippen molar-refractivity contribution in [1.82, 2.24) is 10.6 Å². The smallest absolute Gasteiger partial charge is 0.223 e. The molecule has 0 radical (unpaired) electrons. The summed E-state index contributed by atoms with van der Waals surface area (Å²) in [6.07, 6.45) is 1.81. The monoisotopic (exact) mass is 257 g/mol. The van der Waals surface area contributed by atoms with E-state index in [-0.39, 0.29) is 11.8 Å². The molecule has 0 spiro atoms. The van der Waals surface area contributed by atoms with E-state index in [4.69, 9.17) is 5.26 Å². The predicted octanol–water partition coefficient (Wildman–Crippen LogP) is 1.56. The third kappa shape index (κ3) is 3.80. The second-order valence-corrected chi connectivity index (χ2v) is 5.10. The molecular weight excluding hydrogens is 238 g/mol. The van der Waals surface area contributed by atoms with Crippen molar-refractivity contribution in [3.05, 3.63) is 35.4 Å². The molecule has 0 saturated carbocycles. The summed E-state index contributed by atoms with van der Waals surface area (Å²) in [5.74, 6) is 0.257. The molecule has 2 atom stereocenters. The van der Waals surface area contributed by atoms with Gasteiger partial charge in [-0.3, -0.25) is 4.79 Å². The molecule has 2 unspecified atom stereocenters. The SMILES string of the molecule is CC1CC(C(=O)NCc2ccc(C#N)cc2)CCN1. The zero-order valence-electron chi connectivity index (χ0n) is 11.1. The van der Waals surface area contributed by atoms with E-state index in [1.807, 2.05) is 12.1 Å². The van der Waals surface area contributed by atoms with E-state index in [2.05, 4.69) is 23.6 Å². The van der Waals surface area contributed by atoms with Gasteiger partial charge < -0.3 is 10.6 Å². The Hall–Kier alpha value is -1.86. The number of nitrogens with zero attached hydrogens (tertiary/aromatic N) is 1. The van der Waals surface area contributed by atoms with E-state index < -0.39 is 0 Å². The van der Waals surface area contributed by atoms with Gasteiger partial charge in [0, 0.05) is 18.5 Å². The number of amides is 1. The quantitative estimate of drug-likeness (QED) is 0.863. The van der Waals surface area contributed by atoms with E-state index in [1.165, 1.54) is 0 Å². The Labute approximate surface area is 113 Å². The van der Waals surface area contributed by atoms with Crippen LogP contribution < -0.4 is 10.6 Å². The number of hydrogen-bond acceptors (Lipinski definition) is 3. The van der Waals surface area contributed by atoms with E-state index in [0.29, 0.717) is 18.2 Å². The first-order valence-corrected chi connectivity index (χ1v) is 6.69. The molecule has 100 valence electrons. The van der Waals surface area contributed by atoms with Crippen molar-refractivity contribution < 1.29 is 4.79 Å². The van der Waals surface area contributed by atoms with Crippen molar-refractivity contribution in [3.8, 4) is 6.07 Å². The summed E-state index contributed by atoms with van der Waals surface area (Å²) < 4.78 is 0. The third-order valence-corrected chi connectivity index (χ3v) is 3.54. The summed E-state index contributed by atoms with van der Waals surface area (Å²) in [5, 5.41) is 15.0. The topological polar surface area (TPSA) is 64.9 Å². The van der Waals surface area contributed by atoms with Crippen LogP contribution >= 0.6 is 0 Å². The predicted molar refractivity (Wildman–Crippen MR) is 73.2 cm³/mol. The summed E-state index contributed by atoms with van der Waals surface area (Å²) in [6.45, 7) is 3.55. The van der Waals surface area contributed by atoms with Gasteiger partial charge in [-0.05, 0) is 44.0 Å². The molecule has 0 bridgehead atoms. The molecule has 1 aromatic carbocycles. The summed E-state index contributed by atoms with van der Waals surface area (Å²) >= 11 is 0. The molecule has 1 aliphatic rings. The number of rotatable bonds is 3. The molecule has 1 saturated heterocycles. The van der Waals surface area contributed by atoms with Crippen LogP contribution in [0.3, 0.4) is 0 Å². The van der Waals surface area contributed by atoms with Crippen LogP contribution in [-0.4, -0.2) is 18.5 Å². The van der Waals surface area contributed by atoms with E-state index in [1.54, 1.807) is 12.1 Å². The van der Waals surface area contributed by atoms with Crippen LogP contribution in [0.15, 0.2) is 24.3 Å². The Kier molecular flexibility index (Phi) is 4.53. The Morgan fingerprint density at radius 3 is 2.84 bits per heavy atom. The lowest BCUT2D eigenvalue weighted by Gasteiger charge is -2.27. The van der Waals surface area contributed by atoms with Crippen LogP contribution in [0.1, 0.15) is 30.9 Å². The van der Waals surface area contributed by atoms with Crippen LogP contribution in [0, 0.1) is 17.2 Å². The van der Waals surface area contributed by atoms with E-state index in [0.717, 1.165) is 24.9 Å². The lowest BCUT2D eigenvalue weighted by atomic mass is 9.92. The zero-order valence-corrected chi connectivity index (χ0v) is 11.1. The van der Waals surface area contributed by atoms with Gasteiger partial charge in [-0.15, -0.1) is 0 Å². The molecule has 19 heavy (non-hydrogen) atoms. The Balaban J connectivity index is 1.84. The Morgan fingerprint density at radius 1 is 1.47 bits per heavy atom. The fourth-order valence-electron chi connectivity index (χ4n) is 2.40. The highest BCUT2D eigenvalue weighted by atomic mass is 16.1. The minimum atomic E-state index is 0.120. The maximum absolute atomic E-state index is 12.0. The summed E-state index contributed by atoms with van der Waals surface area (Å²) in [7, 11) is 0. The largest absolute Gasteiger partial charge is 0.352 e. The highest BCUT2D eigenvalue weighted by Gasteiger charge is 2.24. The molecule has 1 aromatic rings. The second kappa shape index (κ2) is 6.35. The first-order valence-electron chi connectivity index (χ1n) is 6.69. The minimum absolute atomic E-state index is 0.120. The molecule has 1 amide bonds. The second-order valence-electron chi connectivity index (χ2n) is 5.10. The molecule has 1 fully saturated rings. The molecule has 4 heteroatoms. The normalized spacial score (nSPS) is 22.5. The number of carbonyl (C=O) groups excluding carboxylic acids is 1. The van der Waals surface area contributed by atoms with Gasteiger partial charge in [0.15, 0.2) is 0 Å². The number of nitriles is 1. The van der Waals surface area contributed by atoms with Crippen molar-refractivity contribution >= 4 is 5.91 Å². The number of benzene rings is 1. The summed E-state index contributed by atoms with van der Waals surface area (Å²) in [5.41, 5.74) is 1.66. The molecule has 4 nitrogen and oxygen atoms in total. The van der Waals surface area contributed by atoms with Gasteiger partial charge in [0.1, 0.15) is 0 Å². The standard InChI is InChI=1S/C15H19N3O/c1-11-8-14(6-7-17-11)15(19)18-10-13-4-2-12(9-16)3-5-13/h2-5,11,14,17H,6-8,10H2,1H3,(H,18,19). The molecule has 0 aromatic heterocycles. The van der Waals surface area contributed by atoms with Crippen LogP contribution in [-0.2, 0) is 11.3 Å². The van der Waals surface area contributed by atoms with Crippen molar-refractivity contribution in [2.24, 2.45) is 5.92 Å². The van der Waals surface area contributed by atoms with E-state index in [9.17, 15) is 4.79 Å². The average molecular weight is 257 g/mol. The molecular formula is C15H19N3O. The molecule has 2 rings (SSSR count). The van der Waals surface area contributed by atoms with Crippen LogP contribution in [0.4, 0.5) is 0 Å². The Morgan fingerprint density at radius 2 is 2.21 bits per heavy atom. The molecule has 2 N–H and O–H groups in total. The highest BCUT2D eigenvalue weighted by Crippen LogP contribution is 2.16. The van der Waals surface area contributed by atoms with Gasteiger partial charge in [-0.25, -0.2) is 0 Å². The maximum Gasteiger partial charge on any atom is 0.223 e. The van der Waals surface area contributed by atoms with E-state index >= 15 is 0 Å². The number of piperidine rings is 1. The zero-order chi connectivity index (χ0) is 13.7. The van der Waals surface area contributed by atoms with Crippen LogP contribution in [0.25, 0.3) is 0 Å². The van der Waals surface area contributed by atoms with Gasteiger partial charge >= 0.3 is 0 Å². The summed E-state index contributed by atoms with van der Waals surface area (Å²) in [4.78, 5) is 12.0. The first-order chi connectivity index (χ1) is 9.19. The number of hydrogen-bond donors (Lipinski definition) is 2. The molecule has 1 heterocycles. The Bertz CT molecular complexity index is 475. The van der Waals surface area contributed by atoms with Crippen molar-refractivity contribution in [2.45, 2.75) is 32.4 Å². The van der Waals surface area contributed by atoms with Crippen LogP contribution in [0.5, 0.6) is 0 Å². The fraction of sp³-hybridized carbons (Fsp3) is 0.467. The van der Waals surface area contributed by atoms with Crippen molar-refractivity contribution in [1.29, 1.82) is 5.26 Å². The van der Waals surface area contributed by atoms with Gasteiger partial charge in [0.2, 0.25) is 5.91 Å². The number of nitrogens with one attached hydrogen (secondary N) is 2. The lowest BCUT2D eigenvalue weighted by Crippen LogP contribution is -2.42. The lowest BCUT2D eigenvalue weighted by molar-refractivity contribution is -0.126. The molecule has 0 aliphatic carbocycles. The first kappa shape index (κ1) is 13.6. The van der Waals surface area contributed by atoms with Gasteiger partial charge in [0.05, 0.1) is 11.6 Å². The van der Waals surface area contributed by atoms with Crippen molar-refractivity contribution in [2.75, 3.05) is 6.54 Å². The van der Waals surface area contributed by atoms with Crippen molar-refractivity contribution in [3.63, 3.8) is 0 Å². The maximum atomic E-state index is 12.0. The fourth-order valence-corrected chi connectivity index (χ4v) is 2.40. The van der Waals surface area contributed by atoms with Crippen LogP contribution in [0.2, 0.25) is 0 Å².